The molecule has 0 unspecified atom stereocenters. The van der Waals surface area contributed by atoms with Crippen molar-refractivity contribution >= 4 is 74.4 Å². The molecule has 0 amide bonds. The molecule has 0 atom stereocenters. The topological polar surface area (TPSA) is 117 Å². The van der Waals surface area contributed by atoms with E-state index < -0.39 is 24.7 Å². The summed E-state index contributed by atoms with van der Waals surface area (Å²) in [6.07, 6.45) is 0. The second-order valence-electron chi connectivity index (χ2n) is 1.06. The maximum absolute atomic E-state index is 6.86. The van der Waals surface area contributed by atoms with E-state index in [0.29, 0.717) is 0 Å². The summed E-state index contributed by atoms with van der Waals surface area (Å²) in [6, 6.07) is 0. The minimum absolute atomic E-state index is 1.75. The summed E-state index contributed by atoms with van der Waals surface area (Å²) in [7, 11) is 40.1. The van der Waals surface area contributed by atoms with Crippen molar-refractivity contribution in [3.63, 3.8) is 0 Å². The molecule has 0 bridgehead atoms. The molecule has 0 fully saturated rings. The molecule has 6 nitrogen and oxygen atoms in total. The molecule has 0 spiro atoms. The summed E-state index contributed by atoms with van der Waals surface area (Å²) >= 11 is -6.22. The fourth-order valence-corrected chi connectivity index (χ4v) is 0. The van der Waals surface area contributed by atoms with Gasteiger partial charge in [-0.1, -0.05) is 0 Å². The summed E-state index contributed by atoms with van der Waals surface area (Å²) in [5.74, 6) is 10.8. The van der Waals surface area contributed by atoms with Gasteiger partial charge in [-0.2, -0.15) is 0 Å². The van der Waals surface area contributed by atoms with Crippen LogP contribution < -0.4 is 0 Å². The Morgan fingerprint density at radius 1 is 0.625 bits per heavy atom. The van der Waals surface area contributed by atoms with Crippen molar-refractivity contribution in [1.82, 2.24) is 0 Å². The van der Waals surface area contributed by atoms with E-state index in [2.05, 4.69) is 0 Å². The van der Waals surface area contributed by atoms with Crippen LogP contribution in [0.2, 0.25) is 0 Å². The first-order valence-corrected chi connectivity index (χ1v) is 19.5. The average molecular weight is 465 g/mol. The minimum Gasteiger partial charge on any atom is -0.729 e. The van der Waals surface area contributed by atoms with Crippen LogP contribution in [0.5, 0.6) is 0 Å². The normalized spacial score (nSPS) is 9.00. The van der Waals surface area contributed by atoms with Gasteiger partial charge in [0, 0.05) is 0 Å². The first-order chi connectivity index (χ1) is 6.83. The van der Waals surface area contributed by atoms with E-state index in [9.17, 15) is 0 Å². The molecular weight excluding hydrogens is 463 g/mol. The van der Waals surface area contributed by atoms with E-state index >= 15 is 0 Å². The fourth-order valence-electron chi connectivity index (χ4n) is 0. The second-order valence-corrected chi connectivity index (χ2v) is 32.0. The Kier molecular flexibility index (Phi) is 29.6. The van der Waals surface area contributed by atoms with Gasteiger partial charge < -0.3 is 33.2 Å². The van der Waals surface area contributed by atoms with Crippen molar-refractivity contribution in [2.75, 3.05) is 0 Å². The van der Waals surface area contributed by atoms with E-state index in [1.165, 1.54) is 0 Å². The number of nitrogens with zero attached hydrogens (tertiary/aromatic N) is 4. The van der Waals surface area contributed by atoms with Crippen LogP contribution in [0.4, 0.5) is 0 Å². The van der Waals surface area contributed by atoms with Crippen LogP contribution in [-0.4, -0.2) is 0 Å². The minimum atomic E-state index is -3.11. The van der Waals surface area contributed by atoms with Gasteiger partial charge in [-0.05, 0) is 0 Å². The zero-order chi connectivity index (χ0) is 14.4. The number of rotatable bonds is 0. The first-order valence-electron chi connectivity index (χ1n) is 2.36. The predicted molar refractivity (Wildman–Crippen MR) is 67.0 cm³/mol. The number of hydrogen-bond acceptors (Lipinski definition) is 2. The van der Waals surface area contributed by atoms with Crippen molar-refractivity contribution < 1.29 is 24.7 Å². The third-order valence-corrected chi connectivity index (χ3v) is 0. The average Bonchev–Trinajstić information content (AvgIpc) is 1.79. The molecule has 0 aromatic rings. The molecule has 0 rings (SSSR count). The third kappa shape index (κ3) is 616. The van der Waals surface area contributed by atoms with Crippen molar-refractivity contribution in [3.05, 3.63) is 22.7 Å². The van der Waals surface area contributed by atoms with Crippen LogP contribution in [0, 0.1) is 0 Å². The molecule has 0 aromatic heterocycles. The molecule has 16 heavy (non-hydrogen) atoms. The van der Waals surface area contributed by atoms with Crippen LogP contribution in [-0.2, 0) is 24.7 Å². The molecule has 0 radical (unpaired) electrons. The van der Waals surface area contributed by atoms with Crippen LogP contribution in [0.3, 0.4) is 0 Å². The molecule has 16 heteroatoms. The summed E-state index contributed by atoms with van der Waals surface area (Å²) in [5, 5.41) is 3.50. The Balaban J connectivity index is -0.0000000621. The Morgan fingerprint density at radius 3 is 0.625 bits per heavy atom. The monoisotopic (exact) mass is 462 g/mol. The van der Waals surface area contributed by atoms with Gasteiger partial charge in [-0.3, -0.25) is 0 Å². The van der Waals surface area contributed by atoms with Gasteiger partial charge >= 0.3 is 99.1 Å². The smallest absolute Gasteiger partial charge is 0.523 e. The Labute approximate surface area is 130 Å². The standard InChI is InChI=1S/8ClH.2HN3.2Ti/c;;;;;;;;2*1-3-2;;/h8*1H;2*(H-2,1,2);;/q;;;;;;;;2*-2;2*+4/p-8. The predicted octanol–water partition coefficient (Wildman–Crippen LogP) is 7.46. The van der Waals surface area contributed by atoms with Gasteiger partial charge in [-0.25, -0.2) is 0 Å². The second kappa shape index (κ2) is 17.5. The third-order valence-electron chi connectivity index (χ3n) is 0. The molecule has 0 aliphatic heterocycles. The van der Waals surface area contributed by atoms with Crippen molar-refractivity contribution in [2.45, 2.75) is 0 Å². The molecule has 0 heterocycles. The van der Waals surface area contributed by atoms with E-state index in [4.69, 9.17) is 97.2 Å². The van der Waals surface area contributed by atoms with Crippen molar-refractivity contribution in [3.8, 4) is 0 Å². The van der Waals surface area contributed by atoms with Gasteiger partial charge in [0.15, 0.2) is 0 Å². The van der Waals surface area contributed by atoms with Crippen LogP contribution in [0.25, 0.3) is 22.7 Å². The molecule has 0 aliphatic carbocycles. The SMILES string of the molecule is [Cl][Ti]([Cl])([Cl])[Cl].[Cl][Ti]([Cl])([Cl])[Cl].[N-]=N[NH-].[N-]=N[NH-]. The molecule has 0 saturated carbocycles. The zero-order valence-electron chi connectivity index (χ0n) is 6.81. The van der Waals surface area contributed by atoms with E-state index in [0.717, 1.165) is 0 Å². The molecule has 0 saturated heterocycles. The van der Waals surface area contributed by atoms with Crippen LogP contribution >= 0.6 is 74.4 Å². The Bertz CT molecular complexity index is 120. The van der Waals surface area contributed by atoms with Gasteiger partial charge in [0.1, 0.15) is 0 Å². The number of hydrogen-bond donors (Lipinski definition) is 0. The van der Waals surface area contributed by atoms with E-state index in [1.54, 1.807) is 10.4 Å². The maximum Gasteiger partial charge on any atom is -0.523 e. The van der Waals surface area contributed by atoms with Crippen LogP contribution in [0.1, 0.15) is 0 Å². The van der Waals surface area contributed by atoms with Gasteiger partial charge in [-0.15, -0.1) is 0 Å². The molecule has 2 N–H and O–H groups in total. The van der Waals surface area contributed by atoms with Crippen molar-refractivity contribution in [1.29, 1.82) is 0 Å². The van der Waals surface area contributed by atoms with Gasteiger partial charge in [0.2, 0.25) is 0 Å². The Morgan fingerprint density at radius 2 is 0.625 bits per heavy atom. The quantitative estimate of drug-likeness (QED) is 0.201. The summed E-state index contributed by atoms with van der Waals surface area (Å²) in [4.78, 5) is 0. The van der Waals surface area contributed by atoms with E-state index in [-0.39, 0.29) is 0 Å². The number of nitrogens with one attached hydrogen (secondary N) is 2. The first kappa shape index (κ1) is 27.0. The zero-order valence-corrected chi connectivity index (χ0v) is 16.0. The fraction of sp³-hybridized carbons (Fsp3) is 0. The largest absolute Gasteiger partial charge is 0.729 e. The summed E-state index contributed by atoms with van der Waals surface area (Å²) in [5.41, 5.74) is 13.7. The van der Waals surface area contributed by atoms with Crippen molar-refractivity contribution in [2.24, 2.45) is 10.4 Å². The van der Waals surface area contributed by atoms with E-state index in [1.807, 2.05) is 0 Å². The Hall–Kier alpha value is 2.55. The molecule has 0 aliphatic rings. The van der Waals surface area contributed by atoms with Gasteiger partial charge in [0.25, 0.3) is 0 Å². The molecule has 100 valence electrons. The summed E-state index contributed by atoms with van der Waals surface area (Å²) in [6.45, 7) is 0. The van der Waals surface area contributed by atoms with Crippen LogP contribution in [0.15, 0.2) is 10.4 Å². The molecular formula is H2Cl8N6Ti2-4. The molecule has 0 aromatic carbocycles. The maximum atomic E-state index is 6.86. The summed E-state index contributed by atoms with van der Waals surface area (Å²) < 4.78 is 0. The van der Waals surface area contributed by atoms with Gasteiger partial charge in [0.05, 0.1) is 0 Å². The number of halogens is 8.